The van der Waals surface area contributed by atoms with Gasteiger partial charge in [-0.15, -0.1) is 0 Å². The number of benzene rings is 1. The van der Waals surface area contributed by atoms with Crippen molar-refractivity contribution < 1.29 is 0 Å². The number of rotatable bonds is 2. The molecule has 162 valence electrons. The van der Waals surface area contributed by atoms with Gasteiger partial charge >= 0.3 is 0 Å². The van der Waals surface area contributed by atoms with Crippen molar-refractivity contribution in [3.8, 4) is 0 Å². The lowest BCUT2D eigenvalue weighted by molar-refractivity contribution is -0.206. The third-order valence-electron chi connectivity index (χ3n) is 12.1. The van der Waals surface area contributed by atoms with Crippen molar-refractivity contribution in [3.63, 3.8) is 0 Å². The van der Waals surface area contributed by atoms with Crippen LogP contribution in [0, 0.1) is 68.1 Å². The Labute approximate surface area is 184 Å². The molecule has 8 bridgehead atoms. The van der Waals surface area contributed by atoms with Gasteiger partial charge in [-0.25, -0.2) is 0 Å². The van der Waals surface area contributed by atoms with E-state index < -0.39 is 0 Å². The average molecular weight is 403 g/mol. The van der Waals surface area contributed by atoms with Crippen LogP contribution in [0.5, 0.6) is 0 Å². The van der Waals surface area contributed by atoms with Gasteiger partial charge in [0.25, 0.3) is 0 Å². The highest BCUT2D eigenvalue weighted by molar-refractivity contribution is 5.49. The van der Waals surface area contributed by atoms with Crippen molar-refractivity contribution in [1.82, 2.24) is 0 Å². The lowest BCUT2D eigenvalue weighted by Gasteiger charge is -2.72. The molecule has 8 aliphatic rings. The van der Waals surface area contributed by atoms with E-state index in [9.17, 15) is 0 Å². The SMILES string of the molecule is Cc1cc(C)c(C)c(C23CC4CC(C2)CC(C25CC6CC(CC(C6)C2)C5)(C4)C3)c1C. The lowest BCUT2D eigenvalue weighted by Crippen LogP contribution is -2.63. The van der Waals surface area contributed by atoms with E-state index >= 15 is 0 Å². The summed E-state index contributed by atoms with van der Waals surface area (Å²) >= 11 is 0. The van der Waals surface area contributed by atoms with E-state index in [1.54, 1.807) is 86.5 Å². The Morgan fingerprint density at radius 3 is 1.50 bits per heavy atom. The summed E-state index contributed by atoms with van der Waals surface area (Å²) in [7, 11) is 0. The Morgan fingerprint density at radius 2 is 1.00 bits per heavy atom. The number of aryl methyl sites for hydroxylation is 2. The minimum Gasteiger partial charge on any atom is -0.0558 e. The Kier molecular flexibility index (Phi) is 3.61. The van der Waals surface area contributed by atoms with Gasteiger partial charge in [-0.2, -0.15) is 0 Å². The fourth-order valence-corrected chi connectivity index (χ4v) is 11.9. The van der Waals surface area contributed by atoms with Crippen molar-refractivity contribution in [2.45, 2.75) is 110 Å². The first-order valence-electron chi connectivity index (χ1n) is 13.4. The van der Waals surface area contributed by atoms with Gasteiger partial charge in [0.05, 0.1) is 0 Å². The number of hydrogen-bond donors (Lipinski definition) is 0. The summed E-state index contributed by atoms with van der Waals surface area (Å²) < 4.78 is 0. The summed E-state index contributed by atoms with van der Waals surface area (Å²) in [5.41, 5.74) is 10.2. The summed E-state index contributed by atoms with van der Waals surface area (Å²) in [6, 6.07) is 2.46. The first-order valence-corrected chi connectivity index (χ1v) is 13.4. The maximum atomic E-state index is 2.47. The third-order valence-corrected chi connectivity index (χ3v) is 12.1. The van der Waals surface area contributed by atoms with E-state index in [1.807, 2.05) is 5.56 Å². The molecule has 30 heavy (non-hydrogen) atoms. The normalized spacial score (nSPS) is 50.5. The van der Waals surface area contributed by atoms with Crippen LogP contribution in [-0.4, -0.2) is 0 Å². The third kappa shape index (κ3) is 2.25. The Morgan fingerprint density at radius 1 is 0.567 bits per heavy atom. The molecule has 2 unspecified atom stereocenters. The van der Waals surface area contributed by atoms with Crippen molar-refractivity contribution >= 4 is 0 Å². The molecule has 0 heterocycles. The van der Waals surface area contributed by atoms with Crippen LogP contribution in [0.1, 0.15) is 105 Å². The smallest absolute Gasteiger partial charge is 0.00308 e. The van der Waals surface area contributed by atoms with Gasteiger partial charge in [0.15, 0.2) is 0 Å². The fraction of sp³-hybridized carbons (Fsp3) is 0.800. The highest BCUT2D eigenvalue weighted by atomic mass is 14.7. The molecule has 0 N–H and O–H groups in total. The Balaban J connectivity index is 1.38. The maximum Gasteiger partial charge on any atom is -0.00308 e. The van der Waals surface area contributed by atoms with Crippen molar-refractivity contribution in [2.24, 2.45) is 40.4 Å². The molecular formula is C30H42. The zero-order chi connectivity index (χ0) is 20.5. The van der Waals surface area contributed by atoms with E-state index in [1.165, 1.54) is 12.8 Å². The molecule has 0 heteroatoms. The van der Waals surface area contributed by atoms with Crippen molar-refractivity contribution in [2.75, 3.05) is 0 Å². The zero-order valence-electron chi connectivity index (χ0n) is 19.9. The summed E-state index contributed by atoms with van der Waals surface area (Å²) in [6.07, 6.45) is 19.1. The first-order chi connectivity index (χ1) is 14.3. The molecule has 0 spiro atoms. The highest BCUT2D eigenvalue weighted by Gasteiger charge is 2.68. The van der Waals surface area contributed by atoms with Gasteiger partial charge in [0.2, 0.25) is 0 Å². The van der Waals surface area contributed by atoms with Crippen LogP contribution in [0.4, 0.5) is 0 Å². The van der Waals surface area contributed by atoms with Crippen LogP contribution in [0.15, 0.2) is 6.07 Å². The Hall–Kier alpha value is -0.780. The molecule has 0 radical (unpaired) electrons. The summed E-state index contributed by atoms with van der Waals surface area (Å²) in [5, 5.41) is 0. The zero-order valence-corrected chi connectivity index (χ0v) is 19.9. The minimum atomic E-state index is 0.512. The highest BCUT2D eigenvalue weighted by Crippen LogP contribution is 2.77. The second-order valence-electron chi connectivity index (χ2n) is 13.9. The molecule has 9 rings (SSSR count). The van der Waals surface area contributed by atoms with Crippen molar-refractivity contribution in [1.29, 1.82) is 0 Å². The second-order valence-corrected chi connectivity index (χ2v) is 13.9. The van der Waals surface area contributed by atoms with E-state index in [-0.39, 0.29) is 0 Å². The predicted molar refractivity (Wildman–Crippen MR) is 125 cm³/mol. The summed E-state index contributed by atoms with van der Waals surface area (Å²) in [6.45, 7) is 9.68. The van der Waals surface area contributed by atoms with Gasteiger partial charge < -0.3 is 0 Å². The van der Waals surface area contributed by atoms with Crippen LogP contribution < -0.4 is 0 Å². The van der Waals surface area contributed by atoms with Gasteiger partial charge in [0.1, 0.15) is 0 Å². The molecule has 0 nitrogen and oxygen atoms in total. The monoisotopic (exact) mass is 402 g/mol. The predicted octanol–water partition coefficient (Wildman–Crippen LogP) is 7.97. The van der Waals surface area contributed by atoms with Crippen LogP contribution in [0.3, 0.4) is 0 Å². The fourth-order valence-electron chi connectivity index (χ4n) is 11.9. The topological polar surface area (TPSA) is 0 Å². The minimum absolute atomic E-state index is 0.512. The average Bonchev–Trinajstić information content (AvgIpc) is 2.64. The number of hydrogen-bond acceptors (Lipinski definition) is 0. The molecule has 8 aliphatic carbocycles. The molecule has 0 saturated heterocycles. The molecule has 8 fully saturated rings. The molecular weight excluding hydrogens is 360 g/mol. The van der Waals surface area contributed by atoms with Gasteiger partial charge in [-0.1, -0.05) is 6.07 Å². The lowest BCUT2D eigenvalue weighted by atomic mass is 9.32. The molecule has 8 saturated carbocycles. The van der Waals surface area contributed by atoms with Crippen molar-refractivity contribution in [3.05, 3.63) is 33.9 Å². The standard InChI is InChI=1S/C30H42/c1-18-5-19(2)21(4)27(20(18)3)28-10-25-9-26(11-28)16-30(15-25,17-28)29-12-22-6-23(13-29)8-24(7-22)14-29/h5,22-26H,6-17H2,1-4H3. The first kappa shape index (κ1) is 18.8. The van der Waals surface area contributed by atoms with Gasteiger partial charge in [0, 0.05) is 0 Å². The van der Waals surface area contributed by atoms with Gasteiger partial charge in [-0.05, 0) is 178 Å². The van der Waals surface area contributed by atoms with E-state index in [4.69, 9.17) is 0 Å². The van der Waals surface area contributed by atoms with Crippen LogP contribution in [0.25, 0.3) is 0 Å². The Bertz CT molecular complexity index is 841. The molecule has 2 atom stereocenters. The van der Waals surface area contributed by atoms with Crippen LogP contribution in [-0.2, 0) is 5.41 Å². The van der Waals surface area contributed by atoms with Crippen LogP contribution >= 0.6 is 0 Å². The van der Waals surface area contributed by atoms with E-state index in [2.05, 4.69) is 33.8 Å². The molecule has 1 aromatic rings. The largest absolute Gasteiger partial charge is 0.0558 e. The van der Waals surface area contributed by atoms with E-state index in [0.717, 1.165) is 35.0 Å². The maximum absolute atomic E-state index is 2.47. The quantitative estimate of drug-likeness (QED) is 0.470. The molecule has 0 aromatic heterocycles. The second kappa shape index (κ2) is 5.77. The van der Waals surface area contributed by atoms with E-state index in [0.29, 0.717) is 10.8 Å². The van der Waals surface area contributed by atoms with Crippen LogP contribution in [0.2, 0.25) is 0 Å². The molecule has 1 aromatic carbocycles. The molecule has 0 aliphatic heterocycles. The summed E-state index contributed by atoms with van der Waals surface area (Å²) in [4.78, 5) is 0. The summed E-state index contributed by atoms with van der Waals surface area (Å²) in [5.74, 6) is 5.36. The molecule has 0 amide bonds. The van der Waals surface area contributed by atoms with Gasteiger partial charge in [-0.3, -0.25) is 0 Å².